The molecule has 4 rings (SSSR count). The zero-order valence-electron chi connectivity index (χ0n) is 19.6. The zero-order valence-corrected chi connectivity index (χ0v) is 20.4. The molecule has 0 atom stereocenters. The summed E-state index contributed by atoms with van der Waals surface area (Å²) < 4.78 is 12.7. The number of methoxy groups -OCH3 is 2. The molecule has 0 aliphatic heterocycles. The number of aryl methyl sites for hydroxylation is 3. The Bertz CT molecular complexity index is 1330. The lowest BCUT2D eigenvalue weighted by molar-refractivity contribution is -0.118. The number of thioether (sulfide) groups is 1. The number of nitrogens with zero attached hydrogens (tertiary/aromatic N) is 3. The van der Waals surface area contributed by atoms with Crippen molar-refractivity contribution in [2.24, 2.45) is 0 Å². The Balaban J connectivity index is 1.44. The zero-order chi connectivity index (χ0) is 23.5. The SMILES string of the molecule is COc1ccc(CCNC(=O)CSc2nnc3c(C)cc4c(C)ccc(C)c4n23)cc1OC. The van der Waals surface area contributed by atoms with Crippen LogP contribution in [0.2, 0.25) is 0 Å². The number of nitrogens with one attached hydrogen (secondary N) is 1. The summed E-state index contributed by atoms with van der Waals surface area (Å²) in [6.07, 6.45) is 0.701. The van der Waals surface area contributed by atoms with Gasteiger partial charge < -0.3 is 14.8 Å². The maximum atomic E-state index is 12.5. The third-order valence-electron chi connectivity index (χ3n) is 5.72. The highest BCUT2D eigenvalue weighted by Crippen LogP contribution is 2.30. The second-order valence-electron chi connectivity index (χ2n) is 8.01. The molecule has 0 aliphatic carbocycles. The van der Waals surface area contributed by atoms with Crippen LogP contribution in [0.25, 0.3) is 16.6 Å². The number of aromatic nitrogens is 3. The van der Waals surface area contributed by atoms with Crippen molar-refractivity contribution in [3.8, 4) is 11.5 Å². The summed E-state index contributed by atoms with van der Waals surface area (Å²) in [4.78, 5) is 12.5. The molecule has 1 amide bonds. The first kappa shape index (κ1) is 22.9. The highest BCUT2D eigenvalue weighted by atomic mass is 32.2. The standard InChI is InChI=1S/C25H28N4O3S/c1-15-6-7-16(2)23-19(15)12-17(3)24-27-28-25(29(23)24)33-14-22(30)26-11-10-18-8-9-20(31-4)21(13-18)32-5/h6-9,12-13H,10-11,14H2,1-5H3,(H,26,30). The number of pyridine rings is 1. The second kappa shape index (κ2) is 9.70. The van der Waals surface area contributed by atoms with Crippen molar-refractivity contribution in [2.45, 2.75) is 32.3 Å². The van der Waals surface area contributed by atoms with E-state index in [1.54, 1.807) is 14.2 Å². The Labute approximate surface area is 197 Å². The molecule has 1 N–H and O–H groups in total. The topological polar surface area (TPSA) is 77.8 Å². The fraction of sp³-hybridized carbons (Fsp3) is 0.320. The fourth-order valence-corrected chi connectivity index (χ4v) is 4.73. The first-order chi connectivity index (χ1) is 15.9. The quantitative estimate of drug-likeness (QED) is 0.392. The van der Waals surface area contributed by atoms with Gasteiger partial charge in [0.05, 0.1) is 25.5 Å². The summed E-state index contributed by atoms with van der Waals surface area (Å²) >= 11 is 1.40. The van der Waals surface area contributed by atoms with Gasteiger partial charge in [-0.1, -0.05) is 30.0 Å². The van der Waals surface area contributed by atoms with Crippen molar-refractivity contribution < 1.29 is 14.3 Å². The van der Waals surface area contributed by atoms with Gasteiger partial charge in [-0.15, -0.1) is 10.2 Å². The van der Waals surface area contributed by atoms with E-state index in [0.717, 1.165) is 33.0 Å². The van der Waals surface area contributed by atoms with Crippen molar-refractivity contribution in [1.82, 2.24) is 19.9 Å². The van der Waals surface area contributed by atoms with E-state index in [0.29, 0.717) is 24.5 Å². The molecule has 0 fully saturated rings. The largest absolute Gasteiger partial charge is 0.493 e. The molecule has 0 unspecified atom stereocenters. The average Bonchev–Trinajstić information content (AvgIpc) is 3.24. The molecule has 0 spiro atoms. The molecule has 2 aromatic carbocycles. The second-order valence-corrected chi connectivity index (χ2v) is 8.95. The first-order valence-corrected chi connectivity index (χ1v) is 11.8. The number of rotatable bonds is 8. The molecule has 7 nitrogen and oxygen atoms in total. The van der Waals surface area contributed by atoms with E-state index < -0.39 is 0 Å². The van der Waals surface area contributed by atoms with Crippen molar-refractivity contribution in [1.29, 1.82) is 0 Å². The molecular formula is C25H28N4O3S. The van der Waals surface area contributed by atoms with Crippen molar-refractivity contribution in [3.63, 3.8) is 0 Å². The molecule has 0 radical (unpaired) electrons. The van der Waals surface area contributed by atoms with Crippen LogP contribution >= 0.6 is 11.8 Å². The highest BCUT2D eigenvalue weighted by molar-refractivity contribution is 7.99. The average molecular weight is 465 g/mol. The minimum absolute atomic E-state index is 0.0397. The Morgan fingerprint density at radius 3 is 2.48 bits per heavy atom. The van der Waals surface area contributed by atoms with Crippen LogP contribution in [0.15, 0.2) is 41.6 Å². The maximum Gasteiger partial charge on any atom is 0.230 e. The van der Waals surface area contributed by atoms with E-state index in [1.165, 1.54) is 22.7 Å². The summed E-state index contributed by atoms with van der Waals surface area (Å²) in [5.74, 6) is 1.61. The number of amides is 1. The van der Waals surface area contributed by atoms with Crippen LogP contribution in [0.4, 0.5) is 0 Å². The number of fused-ring (bicyclic) bond motifs is 3. The Kier molecular flexibility index (Phi) is 6.74. The van der Waals surface area contributed by atoms with E-state index in [4.69, 9.17) is 9.47 Å². The van der Waals surface area contributed by atoms with Crippen molar-refractivity contribution in [2.75, 3.05) is 26.5 Å². The third kappa shape index (κ3) is 4.61. The summed E-state index contributed by atoms with van der Waals surface area (Å²) in [5.41, 5.74) is 6.41. The van der Waals surface area contributed by atoms with Gasteiger partial charge >= 0.3 is 0 Å². The molecular weight excluding hydrogens is 436 g/mol. The van der Waals surface area contributed by atoms with Crippen LogP contribution in [0, 0.1) is 20.8 Å². The Morgan fingerprint density at radius 2 is 1.73 bits per heavy atom. The molecule has 0 aliphatic rings. The van der Waals surface area contributed by atoms with Crippen LogP contribution in [0.1, 0.15) is 22.3 Å². The monoisotopic (exact) mass is 464 g/mol. The van der Waals surface area contributed by atoms with Gasteiger partial charge in [0, 0.05) is 11.9 Å². The normalized spacial score (nSPS) is 11.2. The third-order valence-corrected chi connectivity index (χ3v) is 6.65. The first-order valence-electron chi connectivity index (χ1n) is 10.8. The van der Waals surface area contributed by atoms with Crippen LogP contribution in [-0.4, -0.2) is 47.0 Å². The summed E-state index contributed by atoms with van der Waals surface area (Å²) in [6.45, 7) is 6.78. The van der Waals surface area contributed by atoms with Crippen LogP contribution in [0.3, 0.4) is 0 Å². The minimum Gasteiger partial charge on any atom is -0.493 e. The fourth-order valence-electron chi connectivity index (χ4n) is 3.96. The van der Waals surface area contributed by atoms with E-state index in [2.05, 4.69) is 52.0 Å². The number of benzene rings is 2. The number of hydrogen-bond acceptors (Lipinski definition) is 6. The molecule has 33 heavy (non-hydrogen) atoms. The molecule has 8 heteroatoms. The molecule has 0 bridgehead atoms. The highest BCUT2D eigenvalue weighted by Gasteiger charge is 2.16. The maximum absolute atomic E-state index is 12.5. The Hall–Kier alpha value is -3.26. The molecule has 0 saturated carbocycles. The van der Waals surface area contributed by atoms with Gasteiger partial charge in [-0.3, -0.25) is 9.20 Å². The predicted molar refractivity (Wildman–Crippen MR) is 132 cm³/mol. The van der Waals surface area contributed by atoms with Gasteiger partial charge in [-0.2, -0.15) is 0 Å². The van der Waals surface area contributed by atoms with E-state index in [-0.39, 0.29) is 11.7 Å². The molecule has 2 aromatic heterocycles. The van der Waals surface area contributed by atoms with Gasteiger partial charge in [-0.25, -0.2) is 0 Å². The van der Waals surface area contributed by atoms with Gasteiger partial charge in [0.25, 0.3) is 0 Å². The van der Waals surface area contributed by atoms with Crippen molar-refractivity contribution >= 4 is 34.2 Å². The summed E-state index contributed by atoms with van der Waals surface area (Å²) in [5, 5.41) is 13.7. The number of carbonyl (C=O) groups is 1. The molecule has 0 saturated heterocycles. The lowest BCUT2D eigenvalue weighted by Crippen LogP contribution is -2.27. The van der Waals surface area contributed by atoms with Crippen LogP contribution in [-0.2, 0) is 11.2 Å². The van der Waals surface area contributed by atoms with Crippen LogP contribution in [0.5, 0.6) is 11.5 Å². The molecule has 172 valence electrons. The number of carbonyl (C=O) groups excluding carboxylic acids is 1. The van der Waals surface area contributed by atoms with Gasteiger partial charge in [-0.05, 0) is 67.6 Å². The smallest absolute Gasteiger partial charge is 0.230 e. The molecule has 4 aromatic rings. The minimum atomic E-state index is -0.0397. The summed E-state index contributed by atoms with van der Waals surface area (Å²) in [6, 6.07) is 12.2. The van der Waals surface area contributed by atoms with E-state index in [9.17, 15) is 4.79 Å². The summed E-state index contributed by atoms with van der Waals surface area (Å²) in [7, 11) is 3.23. The number of ether oxygens (including phenoxy) is 2. The van der Waals surface area contributed by atoms with E-state index in [1.807, 2.05) is 25.1 Å². The lowest BCUT2D eigenvalue weighted by Gasteiger charge is -2.12. The van der Waals surface area contributed by atoms with Crippen molar-refractivity contribution in [3.05, 3.63) is 58.7 Å². The predicted octanol–water partition coefficient (Wildman–Crippen LogP) is 4.28. The van der Waals surface area contributed by atoms with E-state index >= 15 is 0 Å². The van der Waals surface area contributed by atoms with Crippen LogP contribution < -0.4 is 14.8 Å². The van der Waals surface area contributed by atoms with Gasteiger partial charge in [0.1, 0.15) is 0 Å². The lowest BCUT2D eigenvalue weighted by atomic mass is 10.0. The Morgan fingerprint density at radius 1 is 0.970 bits per heavy atom. The molecule has 2 heterocycles. The number of hydrogen-bond donors (Lipinski definition) is 1. The van der Waals surface area contributed by atoms with Gasteiger partial charge in [0.15, 0.2) is 22.3 Å². The van der Waals surface area contributed by atoms with Gasteiger partial charge in [0.2, 0.25) is 5.91 Å².